The number of oxazole rings is 1. The molecule has 68 valence electrons. The summed E-state index contributed by atoms with van der Waals surface area (Å²) < 4.78 is 6.11. The fourth-order valence-corrected chi connectivity index (χ4v) is 2.00. The first kappa shape index (κ1) is 9.18. The van der Waals surface area contributed by atoms with Crippen LogP contribution >= 0.6 is 38.9 Å². The zero-order chi connectivity index (χ0) is 9.26. The fraction of sp³-hybridized carbons (Fsp3) is 0.143. The predicted molar refractivity (Wildman–Crippen MR) is 54.9 cm³/mol. The molecule has 6 heteroatoms. The maximum Gasteiger partial charge on any atom is 0.247 e. The van der Waals surface area contributed by atoms with E-state index in [1.807, 2.05) is 0 Å². The molecule has 3 nitrogen and oxygen atoms in total. The van der Waals surface area contributed by atoms with E-state index in [0.717, 1.165) is 15.2 Å². The highest BCUT2D eigenvalue weighted by Gasteiger charge is 2.12. The molecule has 0 fully saturated rings. The quantitative estimate of drug-likeness (QED) is 0.792. The highest BCUT2D eigenvalue weighted by Crippen LogP contribution is 2.29. The van der Waals surface area contributed by atoms with Crippen LogP contribution in [0, 0.1) is 0 Å². The highest BCUT2D eigenvalue weighted by atomic mass is 79.9. The Morgan fingerprint density at radius 2 is 2.46 bits per heavy atom. The summed E-state index contributed by atoms with van der Waals surface area (Å²) in [6, 6.07) is 0. The third-order valence-electron chi connectivity index (χ3n) is 1.42. The van der Waals surface area contributed by atoms with Crippen molar-refractivity contribution < 1.29 is 4.42 Å². The van der Waals surface area contributed by atoms with Crippen molar-refractivity contribution in [3.8, 4) is 11.6 Å². The summed E-state index contributed by atoms with van der Waals surface area (Å²) in [5.74, 6) is 0.856. The van der Waals surface area contributed by atoms with Gasteiger partial charge in [-0.3, -0.25) is 0 Å². The number of nitrogens with zero attached hydrogens (tertiary/aromatic N) is 2. The lowest BCUT2D eigenvalue weighted by atomic mass is 10.5. The van der Waals surface area contributed by atoms with Gasteiger partial charge in [-0.25, -0.2) is 9.97 Å². The van der Waals surface area contributed by atoms with Crippen LogP contribution in [0.15, 0.2) is 20.0 Å². The van der Waals surface area contributed by atoms with Gasteiger partial charge >= 0.3 is 0 Å². The standard InChI is InChI=1S/C7H4BrClN2OS/c8-6-5(10-3-13-6)7-11-4(1-9)2-12-7/h2-3H,1H2. The lowest BCUT2D eigenvalue weighted by molar-refractivity contribution is 0.571. The Labute approximate surface area is 91.9 Å². The molecule has 0 saturated carbocycles. The van der Waals surface area contributed by atoms with Crippen LogP contribution in [0.2, 0.25) is 0 Å². The maximum atomic E-state index is 5.59. The van der Waals surface area contributed by atoms with Gasteiger partial charge < -0.3 is 4.42 Å². The molecule has 2 heterocycles. The van der Waals surface area contributed by atoms with E-state index in [-0.39, 0.29) is 0 Å². The van der Waals surface area contributed by atoms with E-state index in [9.17, 15) is 0 Å². The van der Waals surface area contributed by atoms with Gasteiger partial charge in [-0.1, -0.05) is 0 Å². The zero-order valence-corrected chi connectivity index (χ0v) is 9.49. The third kappa shape index (κ3) is 1.77. The van der Waals surface area contributed by atoms with Crippen molar-refractivity contribution in [3.63, 3.8) is 0 Å². The number of thiazole rings is 1. The number of halogens is 2. The van der Waals surface area contributed by atoms with Gasteiger partial charge in [0, 0.05) is 0 Å². The molecule has 0 radical (unpaired) electrons. The normalized spacial score (nSPS) is 10.6. The molecule has 0 saturated heterocycles. The van der Waals surface area contributed by atoms with E-state index in [1.54, 1.807) is 5.51 Å². The molecule has 0 bridgehead atoms. The smallest absolute Gasteiger partial charge is 0.247 e. The molecule has 0 spiro atoms. The molecule has 0 N–H and O–H groups in total. The van der Waals surface area contributed by atoms with Crippen LogP contribution in [0.5, 0.6) is 0 Å². The van der Waals surface area contributed by atoms with Gasteiger partial charge in [0.1, 0.15) is 10.0 Å². The monoisotopic (exact) mass is 278 g/mol. The Hall–Kier alpha value is -0.390. The number of aromatic nitrogens is 2. The molecule has 13 heavy (non-hydrogen) atoms. The SMILES string of the molecule is ClCc1coc(-c2ncsc2Br)n1. The van der Waals surface area contributed by atoms with Gasteiger partial charge in [0.25, 0.3) is 0 Å². The molecule has 0 aliphatic rings. The summed E-state index contributed by atoms with van der Waals surface area (Å²) in [6.45, 7) is 0. The summed E-state index contributed by atoms with van der Waals surface area (Å²) in [5.41, 5.74) is 3.17. The van der Waals surface area contributed by atoms with Crippen LogP contribution in [0.1, 0.15) is 5.69 Å². The Morgan fingerprint density at radius 3 is 3.00 bits per heavy atom. The van der Waals surface area contributed by atoms with E-state index in [0.29, 0.717) is 11.8 Å². The van der Waals surface area contributed by atoms with Crippen molar-refractivity contribution in [1.82, 2.24) is 9.97 Å². The minimum Gasteiger partial charge on any atom is -0.443 e. The molecule has 2 aromatic heterocycles. The van der Waals surface area contributed by atoms with Gasteiger partial charge in [-0.05, 0) is 15.9 Å². The van der Waals surface area contributed by atoms with E-state index in [1.165, 1.54) is 17.6 Å². The van der Waals surface area contributed by atoms with Gasteiger partial charge in [0.05, 0.1) is 17.1 Å². The highest BCUT2D eigenvalue weighted by molar-refractivity contribution is 9.11. The molecule has 0 aliphatic carbocycles. The van der Waals surface area contributed by atoms with Crippen LogP contribution in [0.3, 0.4) is 0 Å². The molecule has 0 atom stereocenters. The molecule has 0 aromatic carbocycles. The van der Waals surface area contributed by atoms with Crippen LogP contribution in [-0.4, -0.2) is 9.97 Å². The second-order valence-electron chi connectivity index (χ2n) is 2.25. The largest absolute Gasteiger partial charge is 0.443 e. The minimum absolute atomic E-state index is 0.352. The van der Waals surface area contributed by atoms with Crippen molar-refractivity contribution in [1.29, 1.82) is 0 Å². The summed E-state index contributed by atoms with van der Waals surface area (Å²) >= 11 is 10.4. The summed E-state index contributed by atoms with van der Waals surface area (Å²) in [7, 11) is 0. The van der Waals surface area contributed by atoms with Gasteiger partial charge in [-0.15, -0.1) is 22.9 Å². The zero-order valence-electron chi connectivity index (χ0n) is 6.33. The van der Waals surface area contributed by atoms with Gasteiger partial charge in [0.2, 0.25) is 5.89 Å². The van der Waals surface area contributed by atoms with E-state index >= 15 is 0 Å². The average Bonchev–Trinajstić information content (AvgIpc) is 2.71. The number of hydrogen-bond donors (Lipinski definition) is 0. The lowest BCUT2D eigenvalue weighted by Gasteiger charge is -1.87. The van der Waals surface area contributed by atoms with Crippen molar-refractivity contribution in [2.75, 3.05) is 0 Å². The fourth-order valence-electron chi connectivity index (χ4n) is 0.848. The Kier molecular flexibility index (Phi) is 2.66. The number of hydrogen-bond acceptors (Lipinski definition) is 4. The first-order chi connectivity index (χ1) is 6.31. The first-order valence-electron chi connectivity index (χ1n) is 3.41. The molecule has 0 amide bonds. The van der Waals surface area contributed by atoms with Crippen molar-refractivity contribution in [2.24, 2.45) is 0 Å². The Morgan fingerprint density at radius 1 is 1.62 bits per heavy atom. The second kappa shape index (κ2) is 3.77. The van der Waals surface area contributed by atoms with E-state index in [2.05, 4.69) is 25.9 Å². The summed E-state index contributed by atoms with van der Waals surface area (Å²) in [4.78, 5) is 8.25. The van der Waals surface area contributed by atoms with Crippen molar-refractivity contribution in [3.05, 3.63) is 21.3 Å². The van der Waals surface area contributed by atoms with Crippen LogP contribution < -0.4 is 0 Å². The Balaban J connectivity index is 2.41. The van der Waals surface area contributed by atoms with Crippen LogP contribution in [0.4, 0.5) is 0 Å². The molecule has 0 unspecified atom stereocenters. The summed E-state index contributed by atoms with van der Waals surface area (Å²) in [6.07, 6.45) is 1.54. The molecule has 2 aromatic rings. The molecule has 2 rings (SSSR count). The maximum absolute atomic E-state index is 5.59. The lowest BCUT2D eigenvalue weighted by Crippen LogP contribution is -1.79. The van der Waals surface area contributed by atoms with E-state index < -0.39 is 0 Å². The predicted octanol–water partition coefficient (Wildman–Crippen LogP) is 3.30. The first-order valence-corrected chi connectivity index (χ1v) is 5.61. The van der Waals surface area contributed by atoms with Crippen molar-refractivity contribution in [2.45, 2.75) is 5.88 Å². The minimum atomic E-state index is 0.352. The van der Waals surface area contributed by atoms with Gasteiger partial charge in [0.15, 0.2) is 5.69 Å². The number of alkyl halides is 1. The van der Waals surface area contributed by atoms with Crippen LogP contribution in [0.25, 0.3) is 11.6 Å². The van der Waals surface area contributed by atoms with E-state index in [4.69, 9.17) is 16.0 Å². The summed E-state index contributed by atoms with van der Waals surface area (Å²) in [5, 5.41) is 0. The number of rotatable bonds is 2. The molecular weight excluding hydrogens is 276 g/mol. The van der Waals surface area contributed by atoms with Gasteiger partial charge in [-0.2, -0.15) is 0 Å². The topological polar surface area (TPSA) is 38.9 Å². The third-order valence-corrected chi connectivity index (χ3v) is 3.24. The van der Waals surface area contributed by atoms with Crippen LogP contribution in [-0.2, 0) is 5.88 Å². The second-order valence-corrected chi connectivity index (χ2v) is 4.69. The molecule has 0 aliphatic heterocycles. The average molecular weight is 280 g/mol. The molecular formula is C7H4BrClN2OS. The Bertz CT molecular complexity index is 414. The van der Waals surface area contributed by atoms with Crippen molar-refractivity contribution >= 4 is 38.9 Å².